The summed E-state index contributed by atoms with van der Waals surface area (Å²) < 4.78 is 0. The van der Waals surface area contributed by atoms with Gasteiger partial charge in [0.25, 0.3) is 0 Å². The lowest BCUT2D eigenvalue weighted by molar-refractivity contribution is -0.137. The highest BCUT2D eigenvalue weighted by Crippen LogP contribution is 2.67. The van der Waals surface area contributed by atoms with Gasteiger partial charge in [-0.1, -0.05) is 35.9 Å². The van der Waals surface area contributed by atoms with Crippen molar-refractivity contribution in [1.82, 2.24) is 20.7 Å². The van der Waals surface area contributed by atoms with Crippen molar-refractivity contribution in [3.05, 3.63) is 57.1 Å². The summed E-state index contributed by atoms with van der Waals surface area (Å²) in [6, 6.07) is 8.13. The molecule has 1 saturated carbocycles. The number of hydrogen-bond donors (Lipinski definition) is 2. The normalized spacial score (nSPS) is 32.2. The molecule has 6 rings (SSSR count). The second kappa shape index (κ2) is 7.10. The molecule has 1 aliphatic carbocycles. The van der Waals surface area contributed by atoms with Gasteiger partial charge in [0.05, 0.1) is 29.5 Å². The molecule has 0 spiro atoms. The van der Waals surface area contributed by atoms with Crippen LogP contribution in [0.15, 0.2) is 51.5 Å². The number of rotatable bonds is 2. The first-order valence-electron chi connectivity index (χ1n) is 11.0. The van der Waals surface area contributed by atoms with E-state index in [1.165, 1.54) is 16.2 Å². The Hall–Kier alpha value is -1.80. The van der Waals surface area contributed by atoms with Crippen LogP contribution in [0.25, 0.3) is 0 Å². The molecular formula is C23H28ClN5OS. The van der Waals surface area contributed by atoms with Crippen molar-refractivity contribution in [3.8, 4) is 0 Å². The maximum absolute atomic E-state index is 13.0. The lowest BCUT2D eigenvalue weighted by Crippen LogP contribution is -2.50. The number of hydrazine groups is 1. The molecule has 6 nitrogen and oxygen atoms in total. The molecule has 2 N–H and O–H groups in total. The minimum atomic E-state index is -1.21. The van der Waals surface area contributed by atoms with Crippen molar-refractivity contribution in [1.29, 1.82) is 0 Å². The first-order chi connectivity index (χ1) is 15.0. The summed E-state index contributed by atoms with van der Waals surface area (Å²) in [5, 5.41) is 8.17. The fraction of sp³-hybridized carbons (Fsp3) is 0.478. The molecule has 8 heteroatoms. The number of dihydropyridines is 1. The zero-order valence-electron chi connectivity index (χ0n) is 17.8. The van der Waals surface area contributed by atoms with E-state index in [9.17, 15) is 4.79 Å². The third kappa shape index (κ3) is 2.94. The van der Waals surface area contributed by atoms with E-state index in [-0.39, 0.29) is 24.0 Å². The van der Waals surface area contributed by atoms with E-state index in [1.807, 2.05) is 17.1 Å². The van der Waals surface area contributed by atoms with Gasteiger partial charge in [0.2, 0.25) is 5.91 Å². The van der Waals surface area contributed by atoms with E-state index < -0.39 is 10.0 Å². The number of aliphatic imine (C=N–C) groups is 1. The molecule has 164 valence electrons. The van der Waals surface area contributed by atoms with Crippen molar-refractivity contribution in [3.63, 3.8) is 0 Å². The molecule has 4 aliphatic heterocycles. The maximum atomic E-state index is 13.0. The molecular weight excluding hydrogens is 430 g/mol. The Kier molecular flexibility index (Phi) is 4.55. The molecule has 0 bridgehead atoms. The van der Waals surface area contributed by atoms with Crippen LogP contribution in [-0.2, 0) is 4.79 Å². The van der Waals surface area contributed by atoms with Gasteiger partial charge >= 0.3 is 0 Å². The summed E-state index contributed by atoms with van der Waals surface area (Å²) in [6.45, 7) is 2.07. The largest absolute Gasteiger partial charge is 0.330 e. The number of carbonyl (C=O) groups is 1. The number of carbonyl (C=O) groups excluding carboxylic acids is 1. The molecule has 2 fully saturated rings. The SMILES string of the molecule is CS1(C)C2=C(C3=CCN=CC31)C(c1ccccc1Cl)NCC1N2CNN1C(=O)C1CC1. The van der Waals surface area contributed by atoms with Crippen LogP contribution < -0.4 is 10.7 Å². The van der Waals surface area contributed by atoms with Crippen molar-refractivity contribution in [2.45, 2.75) is 30.3 Å². The Morgan fingerprint density at radius 3 is 2.84 bits per heavy atom. The molecule has 1 aromatic carbocycles. The average Bonchev–Trinajstić information content (AvgIpc) is 3.52. The highest BCUT2D eigenvalue weighted by molar-refractivity contribution is 8.37. The number of nitrogens with one attached hydrogen (secondary N) is 2. The van der Waals surface area contributed by atoms with Gasteiger partial charge in [-0.3, -0.25) is 14.8 Å². The topological polar surface area (TPSA) is 60.0 Å². The predicted molar refractivity (Wildman–Crippen MR) is 127 cm³/mol. The van der Waals surface area contributed by atoms with Crippen LogP contribution in [0.1, 0.15) is 24.4 Å². The fourth-order valence-corrected chi connectivity index (χ4v) is 8.80. The van der Waals surface area contributed by atoms with Crippen LogP contribution in [0.2, 0.25) is 5.02 Å². The van der Waals surface area contributed by atoms with E-state index >= 15 is 0 Å². The van der Waals surface area contributed by atoms with Crippen LogP contribution in [0, 0.1) is 5.92 Å². The van der Waals surface area contributed by atoms with E-state index in [4.69, 9.17) is 11.6 Å². The van der Waals surface area contributed by atoms with E-state index in [2.05, 4.69) is 57.6 Å². The van der Waals surface area contributed by atoms with Crippen LogP contribution in [-0.4, -0.2) is 65.7 Å². The fourth-order valence-electron chi connectivity index (χ4n) is 5.47. The Balaban J connectivity index is 1.51. The minimum absolute atomic E-state index is 0.00158. The molecule has 0 radical (unpaired) electrons. The monoisotopic (exact) mass is 457 g/mol. The standard InChI is InChI=1S/C23H28ClN5OS/c1-31(2)18-11-25-10-9-16(18)20-21(15-5-3-4-6-17(15)24)26-12-19-28(23(20)31)13-27-29(19)22(30)14-7-8-14/h3-6,9,11,14,18-19,21,26-27H,7-8,10,12-13H2,1-2H3. The molecule has 1 aromatic rings. The summed E-state index contributed by atoms with van der Waals surface area (Å²) >= 11 is 6.71. The number of benzene rings is 1. The molecule has 1 saturated heterocycles. The Bertz CT molecular complexity index is 1050. The zero-order valence-corrected chi connectivity index (χ0v) is 19.4. The lowest BCUT2D eigenvalue weighted by Gasteiger charge is -2.41. The minimum Gasteiger partial charge on any atom is -0.330 e. The Morgan fingerprint density at radius 2 is 2.06 bits per heavy atom. The van der Waals surface area contributed by atoms with Gasteiger partial charge in [-0.15, -0.1) is 0 Å². The van der Waals surface area contributed by atoms with Gasteiger partial charge in [-0.25, -0.2) is 5.43 Å². The molecule has 0 aromatic heterocycles. The molecule has 5 aliphatic rings. The number of fused-ring (bicyclic) bond motifs is 4. The van der Waals surface area contributed by atoms with Crippen molar-refractivity contribution in [2.75, 3.05) is 32.3 Å². The van der Waals surface area contributed by atoms with Crippen molar-refractivity contribution < 1.29 is 4.79 Å². The van der Waals surface area contributed by atoms with Crippen LogP contribution in [0.5, 0.6) is 0 Å². The van der Waals surface area contributed by atoms with Crippen molar-refractivity contribution >= 4 is 33.8 Å². The summed E-state index contributed by atoms with van der Waals surface area (Å²) in [6.07, 6.45) is 11.2. The third-order valence-corrected chi connectivity index (χ3v) is 10.6. The smallest absolute Gasteiger partial charge is 0.241 e. The second-order valence-corrected chi connectivity index (χ2v) is 13.4. The molecule has 31 heavy (non-hydrogen) atoms. The summed E-state index contributed by atoms with van der Waals surface area (Å²) in [4.78, 5) is 20.1. The van der Waals surface area contributed by atoms with Gasteiger partial charge in [-0.05, 0) is 42.6 Å². The second-order valence-electron chi connectivity index (χ2n) is 9.33. The first-order valence-corrected chi connectivity index (χ1v) is 13.9. The number of nitrogens with zero attached hydrogens (tertiary/aromatic N) is 3. The average molecular weight is 458 g/mol. The van der Waals surface area contributed by atoms with Crippen molar-refractivity contribution in [2.24, 2.45) is 10.9 Å². The van der Waals surface area contributed by atoms with Gasteiger partial charge < -0.3 is 10.2 Å². The number of hydrogen-bond acceptors (Lipinski definition) is 5. The Morgan fingerprint density at radius 1 is 1.26 bits per heavy atom. The summed E-state index contributed by atoms with van der Waals surface area (Å²) in [5.74, 6) is 0.418. The van der Waals surface area contributed by atoms with Crippen LogP contribution in [0.3, 0.4) is 0 Å². The van der Waals surface area contributed by atoms with Gasteiger partial charge in [0.1, 0.15) is 6.17 Å². The zero-order chi connectivity index (χ0) is 21.3. The van der Waals surface area contributed by atoms with E-state index in [0.29, 0.717) is 18.5 Å². The number of amides is 1. The third-order valence-electron chi connectivity index (χ3n) is 7.14. The van der Waals surface area contributed by atoms with Crippen LogP contribution in [0.4, 0.5) is 0 Å². The van der Waals surface area contributed by atoms with E-state index in [0.717, 1.165) is 30.0 Å². The molecule has 3 atom stereocenters. The van der Waals surface area contributed by atoms with Gasteiger partial charge in [0.15, 0.2) is 0 Å². The lowest BCUT2D eigenvalue weighted by atomic mass is 9.91. The highest BCUT2D eigenvalue weighted by Gasteiger charge is 2.52. The van der Waals surface area contributed by atoms with Gasteiger partial charge in [-0.2, -0.15) is 10.0 Å². The maximum Gasteiger partial charge on any atom is 0.241 e. The summed E-state index contributed by atoms with van der Waals surface area (Å²) in [7, 11) is -1.21. The van der Waals surface area contributed by atoms with Crippen LogP contribution >= 0.6 is 21.6 Å². The summed E-state index contributed by atoms with van der Waals surface area (Å²) in [5.41, 5.74) is 7.24. The Labute approximate surface area is 189 Å². The number of halogens is 1. The molecule has 3 unspecified atom stereocenters. The molecule has 1 amide bonds. The first kappa shape index (κ1) is 19.9. The van der Waals surface area contributed by atoms with Gasteiger partial charge in [0, 0.05) is 29.3 Å². The van der Waals surface area contributed by atoms with E-state index in [1.54, 1.807) is 0 Å². The predicted octanol–water partition coefficient (Wildman–Crippen LogP) is 3.00. The molecule has 4 heterocycles. The quantitative estimate of drug-likeness (QED) is 0.716. The highest BCUT2D eigenvalue weighted by atomic mass is 35.5.